The molecular weight excluding hydrogens is 194 g/mol. The Morgan fingerprint density at radius 3 is 2.27 bits per heavy atom. The maximum absolute atomic E-state index is 11.3. The lowest BCUT2D eigenvalue weighted by molar-refractivity contribution is -0.154. The molecule has 0 radical (unpaired) electrons. The Morgan fingerprint density at radius 1 is 1.33 bits per heavy atom. The zero-order valence-electron chi connectivity index (χ0n) is 10.2. The van der Waals surface area contributed by atoms with Crippen molar-refractivity contribution in [2.45, 2.75) is 46.6 Å². The molecule has 1 N–H and O–H groups in total. The zero-order valence-corrected chi connectivity index (χ0v) is 10.2. The second-order valence-corrected chi connectivity index (χ2v) is 4.61. The van der Waals surface area contributed by atoms with E-state index in [9.17, 15) is 9.59 Å². The van der Waals surface area contributed by atoms with Gasteiger partial charge in [-0.25, -0.2) is 0 Å². The molecule has 0 aromatic rings. The van der Waals surface area contributed by atoms with E-state index in [1.165, 1.54) is 0 Å². The topological polar surface area (TPSA) is 55.4 Å². The lowest BCUT2D eigenvalue weighted by Crippen LogP contribution is -2.36. The summed E-state index contributed by atoms with van der Waals surface area (Å²) in [6, 6.07) is 0. The Morgan fingerprint density at radius 2 is 1.87 bits per heavy atom. The molecule has 1 unspecified atom stereocenters. The Labute approximate surface area is 91.4 Å². The molecule has 4 heteroatoms. The molecule has 0 aliphatic heterocycles. The number of nitrogens with one attached hydrogen (secondary N) is 1. The quantitative estimate of drug-likeness (QED) is 0.723. The van der Waals surface area contributed by atoms with Crippen molar-refractivity contribution in [3.63, 3.8) is 0 Å². The summed E-state index contributed by atoms with van der Waals surface area (Å²) in [5.41, 5.74) is -0.502. The van der Waals surface area contributed by atoms with Crippen LogP contribution in [0.25, 0.3) is 0 Å². The van der Waals surface area contributed by atoms with E-state index in [-0.39, 0.29) is 18.4 Å². The summed E-state index contributed by atoms with van der Waals surface area (Å²) >= 11 is 0. The van der Waals surface area contributed by atoms with Crippen LogP contribution in [0.4, 0.5) is 0 Å². The highest BCUT2D eigenvalue weighted by atomic mass is 16.6. The predicted molar refractivity (Wildman–Crippen MR) is 58.3 cm³/mol. The summed E-state index contributed by atoms with van der Waals surface area (Å²) in [4.78, 5) is 22.6. The van der Waals surface area contributed by atoms with Crippen molar-refractivity contribution >= 4 is 11.9 Å². The van der Waals surface area contributed by atoms with E-state index in [1.807, 2.05) is 13.8 Å². The molecule has 0 aromatic carbocycles. The number of carbonyl (C=O) groups is 2. The predicted octanol–water partition coefficient (Wildman–Crippen LogP) is 1.49. The molecule has 0 aliphatic carbocycles. The number of amides is 1. The maximum Gasteiger partial charge on any atom is 0.325 e. The van der Waals surface area contributed by atoms with Gasteiger partial charge in [0.1, 0.15) is 12.1 Å². The summed E-state index contributed by atoms with van der Waals surface area (Å²) in [5, 5.41) is 2.54. The molecule has 0 fully saturated rings. The van der Waals surface area contributed by atoms with Crippen molar-refractivity contribution in [2.24, 2.45) is 5.92 Å². The molecule has 0 saturated carbocycles. The first kappa shape index (κ1) is 13.9. The van der Waals surface area contributed by atoms with Crippen LogP contribution in [0.2, 0.25) is 0 Å². The standard InChI is InChI=1S/C11H21NO3/c1-6-8(2)10(14)12-7-9(13)15-11(3,4)5/h8H,6-7H2,1-5H3,(H,12,14). The largest absolute Gasteiger partial charge is 0.459 e. The van der Waals surface area contributed by atoms with Crippen molar-refractivity contribution in [1.29, 1.82) is 0 Å². The van der Waals surface area contributed by atoms with Crippen LogP contribution >= 0.6 is 0 Å². The minimum Gasteiger partial charge on any atom is -0.459 e. The molecule has 88 valence electrons. The van der Waals surface area contributed by atoms with Crippen molar-refractivity contribution in [3.05, 3.63) is 0 Å². The first-order valence-corrected chi connectivity index (χ1v) is 5.25. The van der Waals surface area contributed by atoms with E-state index >= 15 is 0 Å². The summed E-state index contributed by atoms with van der Waals surface area (Å²) < 4.78 is 5.05. The highest BCUT2D eigenvalue weighted by Gasteiger charge is 2.17. The molecule has 0 spiro atoms. The molecule has 1 amide bonds. The smallest absolute Gasteiger partial charge is 0.325 e. The summed E-state index contributed by atoms with van der Waals surface area (Å²) in [6.07, 6.45) is 0.764. The summed E-state index contributed by atoms with van der Waals surface area (Å²) in [7, 11) is 0. The maximum atomic E-state index is 11.3. The second kappa shape index (κ2) is 5.73. The number of ether oxygens (including phenoxy) is 1. The lowest BCUT2D eigenvalue weighted by atomic mass is 10.1. The summed E-state index contributed by atoms with van der Waals surface area (Å²) in [6.45, 7) is 9.08. The average Bonchev–Trinajstić information content (AvgIpc) is 2.10. The van der Waals surface area contributed by atoms with E-state index in [0.29, 0.717) is 0 Å². The fourth-order valence-corrected chi connectivity index (χ4v) is 0.897. The lowest BCUT2D eigenvalue weighted by Gasteiger charge is -2.19. The molecule has 15 heavy (non-hydrogen) atoms. The number of carbonyl (C=O) groups excluding carboxylic acids is 2. The Kier molecular flexibility index (Phi) is 5.33. The van der Waals surface area contributed by atoms with Crippen LogP contribution in [0.5, 0.6) is 0 Å². The molecule has 0 aliphatic rings. The van der Waals surface area contributed by atoms with Gasteiger partial charge in [-0.2, -0.15) is 0 Å². The van der Waals surface area contributed by atoms with Gasteiger partial charge in [0.05, 0.1) is 0 Å². The van der Waals surface area contributed by atoms with Crippen LogP contribution < -0.4 is 5.32 Å². The normalized spacial score (nSPS) is 13.1. The van der Waals surface area contributed by atoms with Crippen molar-refractivity contribution in [1.82, 2.24) is 5.32 Å². The monoisotopic (exact) mass is 215 g/mol. The van der Waals surface area contributed by atoms with Crippen molar-refractivity contribution < 1.29 is 14.3 Å². The van der Waals surface area contributed by atoms with E-state index in [0.717, 1.165) is 6.42 Å². The summed E-state index contributed by atoms with van der Waals surface area (Å²) in [5.74, 6) is -0.574. The van der Waals surface area contributed by atoms with Gasteiger partial charge < -0.3 is 10.1 Å². The van der Waals surface area contributed by atoms with E-state index in [2.05, 4.69) is 5.32 Å². The Hall–Kier alpha value is -1.06. The van der Waals surface area contributed by atoms with Crippen LogP contribution in [0.15, 0.2) is 0 Å². The fourth-order valence-electron chi connectivity index (χ4n) is 0.897. The third-order valence-corrected chi connectivity index (χ3v) is 1.89. The molecule has 0 saturated heterocycles. The number of esters is 1. The molecule has 0 heterocycles. The van der Waals surface area contributed by atoms with Gasteiger partial charge in [-0.05, 0) is 27.2 Å². The molecular formula is C11H21NO3. The van der Waals surface area contributed by atoms with Gasteiger partial charge in [-0.3, -0.25) is 9.59 Å². The van der Waals surface area contributed by atoms with E-state index < -0.39 is 11.6 Å². The first-order valence-electron chi connectivity index (χ1n) is 5.25. The van der Waals surface area contributed by atoms with Crippen molar-refractivity contribution in [3.8, 4) is 0 Å². The van der Waals surface area contributed by atoms with Crippen LogP contribution in [0, 0.1) is 5.92 Å². The van der Waals surface area contributed by atoms with E-state index in [4.69, 9.17) is 4.74 Å². The van der Waals surface area contributed by atoms with Crippen LogP contribution in [-0.4, -0.2) is 24.0 Å². The molecule has 4 nitrogen and oxygen atoms in total. The third kappa shape index (κ3) is 6.94. The van der Waals surface area contributed by atoms with Gasteiger partial charge >= 0.3 is 5.97 Å². The molecule has 0 bridgehead atoms. The minimum absolute atomic E-state index is 0.0551. The molecule has 1 atom stereocenters. The van der Waals surface area contributed by atoms with Crippen LogP contribution in [0.1, 0.15) is 41.0 Å². The van der Waals surface area contributed by atoms with Gasteiger partial charge in [0, 0.05) is 5.92 Å². The first-order chi connectivity index (χ1) is 6.76. The van der Waals surface area contributed by atoms with Crippen LogP contribution in [0.3, 0.4) is 0 Å². The number of hydrogen-bond donors (Lipinski definition) is 1. The fraction of sp³-hybridized carbons (Fsp3) is 0.818. The highest BCUT2D eigenvalue weighted by molar-refractivity contribution is 5.83. The van der Waals surface area contributed by atoms with Gasteiger partial charge in [0.15, 0.2) is 0 Å². The Bertz CT molecular complexity index is 230. The number of rotatable bonds is 4. The van der Waals surface area contributed by atoms with Crippen LogP contribution in [-0.2, 0) is 14.3 Å². The van der Waals surface area contributed by atoms with Gasteiger partial charge in [-0.15, -0.1) is 0 Å². The highest BCUT2D eigenvalue weighted by Crippen LogP contribution is 2.06. The molecule has 0 aromatic heterocycles. The minimum atomic E-state index is -0.502. The third-order valence-electron chi connectivity index (χ3n) is 1.89. The second-order valence-electron chi connectivity index (χ2n) is 4.61. The Balaban J connectivity index is 3.87. The molecule has 0 rings (SSSR count). The van der Waals surface area contributed by atoms with Gasteiger partial charge in [-0.1, -0.05) is 13.8 Å². The number of hydrogen-bond acceptors (Lipinski definition) is 3. The van der Waals surface area contributed by atoms with Gasteiger partial charge in [0.2, 0.25) is 5.91 Å². The zero-order chi connectivity index (χ0) is 12.1. The van der Waals surface area contributed by atoms with E-state index in [1.54, 1.807) is 20.8 Å². The van der Waals surface area contributed by atoms with Gasteiger partial charge in [0.25, 0.3) is 0 Å². The average molecular weight is 215 g/mol. The van der Waals surface area contributed by atoms with Crippen molar-refractivity contribution in [2.75, 3.05) is 6.54 Å². The SMILES string of the molecule is CCC(C)C(=O)NCC(=O)OC(C)(C)C.